The molecule has 0 fully saturated rings. The fraction of sp³-hybridized carbons (Fsp3) is 0.667. The van der Waals surface area contributed by atoms with E-state index in [4.69, 9.17) is 14.2 Å². The lowest BCUT2D eigenvalue weighted by Gasteiger charge is -2.14. The fourth-order valence-corrected chi connectivity index (χ4v) is 3.23. The number of allylic oxidation sites excluding steroid dienone is 1. The Morgan fingerprint density at radius 1 is 1.00 bits per heavy atom. The molecule has 34 heavy (non-hydrogen) atoms. The molecule has 0 aliphatic heterocycles. The van der Waals surface area contributed by atoms with Crippen molar-refractivity contribution in [1.29, 1.82) is 0 Å². The third-order valence-corrected chi connectivity index (χ3v) is 5.03. The van der Waals surface area contributed by atoms with E-state index < -0.39 is 6.10 Å². The van der Waals surface area contributed by atoms with Gasteiger partial charge >= 0.3 is 0 Å². The lowest BCUT2D eigenvalue weighted by molar-refractivity contribution is -0.124. The Bertz CT molecular complexity index is 641. The number of hydrogen-bond donors (Lipinski definition) is 1. The average Bonchev–Trinajstić information content (AvgIpc) is 2.88. The van der Waals surface area contributed by atoms with Crippen LogP contribution in [0.15, 0.2) is 30.9 Å². The van der Waals surface area contributed by atoms with Crippen LogP contribution in [0.2, 0.25) is 0 Å². The standard InChI is InChI=1S/C21H30O2.C7H16O2.C2H6/c1-4-6-7-8-9-10-11-12-16-20(22)18-15-13-17-21(23-3)19(18)14-5-2;1-4-6-9-7(5-2)8-3;1-2/h5,13,15,17,20,22H,2,4,6-11,14H2,1,3H3;7H,4-6H2,1-3H3;1-2H3/t20-;;/m0../s1. The van der Waals surface area contributed by atoms with E-state index in [1.165, 1.54) is 32.1 Å². The van der Waals surface area contributed by atoms with Crippen molar-refractivity contribution in [2.45, 2.75) is 111 Å². The monoisotopic (exact) mass is 476 g/mol. The molecule has 2 atom stereocenters. The van der Waals surface area contributed by atoms with Crippen LogP contribution in [0.5, 0.6) is 5.75 Å². The second-order valence-corrected chi connectivity index (χ2v) is 7.71. The minimum absolute atomic E-state index is 0.00458. The van der Waals surface area contributed by atoms with E-state index in [1.54, 1.807) is 14.2 Å². The molecule has 0 bridgehead atoms. The zero-order chi connectivity index (χ0) is 26.0. The summed E-state index contributed by atoms with van der Waals surface area (Å²) in [7, 11) is 3.31. The van der Waals surface area contributed by atoms with E-state index in [9.17, 15) is 5.11 Å². The number of rotatable bonds is 15. The molecule has 0 aromatic heterocycles. The third kappa shape index (κ3) is 16.8. The molecule has 4 heteroatoms. The van der Waals surface area contributed by atoms with Crippen molar-refractivity contribution < 1.29 is 19.3 Å². The van der Waals surface area contributed by atoms with Gasteiger partial charge in [0.2, 0.25) is 0 Å². The van der Waals surface area contributed by atoms with Crippen LogP contribution in [0.3, 0.4) is 0 Å². The summed E-state index contributed by atoms with van der Waals surface area (Å²) in [5, 5.41) is 10.4. The van der Waals surface area contributed by atoms with Gasteiger partial charge < -0.3 is 19.3 Å². The van der Waals surface area contributed by atoms with Crippen molar-refractivity contribution in [1.82, 2.24) is 0 Å². The maximum absolute atomic E-state index is 10.4. The largest absolute Gasteiger partial charge is 0.496 e. The van der Waals surface area contributed by atoms with Crippen LogP contribution in [-0.2, 0) is 15.9 Å². The van der Waals surface area contributed by atoms with E-state index in [2.05, 4.69) is 32.3 Å². The van der Waals surface area contributed by atoms with Crippen LogP contribution in [-0.4, -0.2) is 32.2 Å². The summed E-state index contributed by atoms with van der Waals surface area (Å²) < 4.78 is 15.6. The van der Waals surface area contributed by atoms with Crippen molar-refractivity contribution >= 4 is 0 Å². The summed E-state index contributed by atoms with van der Waals surface area (Å²) >= 11 is 0. The van der Waals surface area contributed by atoms with E-state index in [1.807, 2.05) is 45.0 Å². The number of ether oxygens (including phenoxy) is 3. The van der Waals surface area contributed by atoms with Gasteiger partial charge in [0.1, 0.15) is 11.9 Å². The zero-order valence-corrected chi connectivity index (χ0v) is 23.1. The number of unbranched alkanes of at least 4 members (excludes halogenated alkanes) is 6. The van der Waals surface area contributed by atoms with Gasteiger partial charge in [-0.1, -0.05) is 90.9 Å². The molecule has 0 heterocycles. The van der Waals surface area contributed by atoms with Gasteiger partial charge in [-0.25, -0.2) is 0 Å². The molecule has 1 unspecified atom stereocenters. The van der Waals surface area contributed by atoms with E-state index in [0.29, 0.717) is 6.42 Å². The molecule has 1 aromatic carbocycles. The topological polar surface area (TPSA) is 47.9 Å². The normalized spacial score (nSPS) is 11.5. The number of aliphatic hydroxyl groups excluding tert-OH is 1. The first-order valence-corrected chi connectivity index (χ1v) is 13.2. The third-order valence-electron chi connectivity index (χ3n) is 5.03. The first kappa shape index (κ1) is 34.4. The molecule has 0 spiro atoms. The molecule has 0 saturated heterocycles. The predicted molar refractivity (Wildman–Crippen MR) is 146 cm³/mol. The van der Waals surface area contributed by atoms with Crippen LogP contribution < -0.4 is 4.74 Å². The molecular formula is C30H52O4. The molecule has 0 amide bonds. The Labute approximate surface area is 211 Å². The highest BCUT2D eigenvalue weighted by atomic mass is 16.7. The number of benzene rings is 1. The van der Waals surface area contributed by atoms with Crippen LogP contribution in [0.1, 0.15) is 110 Å². The summed E-state index contributed by atoms with van der Waals surface area (Å²) in [6.45, 7) is 14.9. The highest BCUT2D eigenvalue weighted by Crippen LogP contribution is 2.27. The Morgan fingerprint density at radius 3 is 2.24 bits per heavy atom. The van der Waals surface area contributed by atoms with Gasteiger partial charge in [-0.3, -0.25) is 0 Å². The lowest BCUT2D eigenvalue weighted by Crippen LogP contribution is -2.13. The van der Waals surface area contributed by atoms with Crippen LogP contribution in [0.4, 0.5) is 0 Å². The second kappa shape index (κ2) is 25.8. The molecule has 196 valence electrons. The number of methoxy groups -OCH3 is 2. The van der Waals surface area contributed by atoms with Gasteiger partial charge in [-0.15, -0.1) is 12.5 Å². The minimum Gasteiger partial charge on any atom is -0.496 e. The molecule has 0 saturated carbocycles. The van der Waals surface area contributed by atoms with Crippen molar-refractivity contribution in [2.24, 2.45) is 0 Å². The Balaban J connectivity index is 0. The average molecular weight is 477 g/mol. The van der Waals surface area contributed by atoms with Crippen molar-refractivity contribution in [3.63, 3.8) is 0 Å². The van der Waals surface area contributed by atoms with Crippen molar-refractivity contribution in [2.75, 3.05) is 20.8 Å². The van der Waals surface area contributed by atoms with E-state index in [0.717, 1.165) is 49.2 Å². The molecule has 0 aliphatic carbocycles. The summed E-state index contributed by atoms with van der Waals surface area (Å²) in [5.41, 5.74) is 1.78. The minimum atomic E-state index is -0.764. The van der Waals surface area contributed by atoms with E-state index in [-0.39, 0.29) is 6.29 Å². The van der Waals surface area contributed by atoms with Crippen molar-refractivity contribution in [3.8, 4) is 17.6 Å². The van der Waals surface area contributed by atoms with Gasteiger partial charge in [-0.05, 0) is 37.3 Å². The van der Waals surface area contributed by atoms with Gasteiger partial charge in [0.25, 0.3) is 0 Å². The highest BCUT2D eigenvalue weighted by Gasteiger charge is 2.13. The predicted octanol–water partition coefficient (Wildman–Crippen LogP) is 8.03. The molecule has 1 aromatic rings. The maximum Gasteiger partial charge on any atom is 0.156 e. The molecule has 1 rings (SSSR count). The summed E-state index contributed by atoms with van der Waals surface area (Å²) in [6.07, 6.45) is 12.1. The quantitative estimate of drug-likeness (QED) is 0.120. The summed E-state index contributed by atoms with van der Waals surface area (Å²) in [5.74, 6) is 6.86. The van der Waals surface area contributed by atoms with Gasteiger partial charge in [0.15, 0.2) is 6.29 Å². The Morgan fingerprint density at radius 2 is 1.68 bits per heavy atom. The molecular weight excluding hydrogens is 424 g/mol. The van der Waals surface area contributed by atoms with Crippen LogP contribution >= 0.6 is 0 Å². The smallest absolute Gasteiger partial charge is 0.156 e. The maximum atomic E-state index is 10.4. The lowest BCUT2D eigenvalue weighted by atomic mass is 9.98. The summed E-state index contributed by atoms with van der Waals surface area (Å²) in [4.78, 5) is 0. The Kier molecular flexibility index (Phi) is 26.1. The highest BCUT2D eigenvalue weighted by molar-refractivity contribution is 5.44. The fourth-order valence-electron chi connectivity index (χ4n) is 3.23. The molecule has 1 N–H and O–H groups in total. The second-order valence-electron chi connectivity index (χ2n) is 7.71. The Hall–Kier alpha value is -1.80. The van der Waals surface area contributed by atoms with Gasteiger partial charge in [-0.2, -0.15) is 0 Å². The molecule has 0 aliphatic rings. The number of hydrogen-bond acceptors (Lipinski definition) is 4. The summed E-state index contributed by atoms with van der Waals surface area (Å²) in [6, 6.07) is 5.70. The molecule has 0 radical (unpaired) electrons. The van der Waals surface area contributed by atoms with Gasteiger partial charge in [0, 0.05) is 25.7 Å². The van der Waals surface area contributed by atoms with E-state index >= 15 is 0 Å². The van der Waals surface area contributed by atoms with Crippen molar-refractivity contribution in [3.05, 3.63) is 42.0 Å². The first-order valence-electron chi connectivity index (χ1n) is 13.2. The number of aliphatic hydroxyl groups is 1. The van der Waals surface area contributed by atoms with Crippen LogP contribution in [0.25, 0.3) is 0 Å². The van der Waals surface area contributed by atoms with Crippen LogP contribution in [0, 0.1) is 11.8 Å². The SMILES string of the molecule is C=CCc1c(OC)cccc1[C@@H](O)C#CCCCCCCCC.CC.CCCOC(CC)OC. The van der Waals surface area contributed by atoms with Gasteiger partial charge in [0.05, 0.1) is 7.11 Å². The first-order chi connectivity index (χ1) is 16.6. The molecule has 4 nitrogen and oxygen atoms in total. The zero-order valence-electron chi connectivity index (χ0n) is 23.1.